The van der Waals surface area contributed by atoms with Crippen molar-refractivity contribution in [3.63, 3.8) is 0 Å². The number of hydrogen-bond acceptors (Lipinski definition) is 5. The van der Waals surface area contributed by atoms with Crippen LogP contribution in [0.15, 0.2) is 30.3 Å². The van der Waals surface area contributed by atoms with Crippen LogP contribution in [-0.4, -0.2) is 44.0 Å². The van der Waals surface area contributed by atoms with Gasteiger partial charge in [0.1, 0.15) is 11.9 Å². The second-order valence-corrected chi connectivity index (χ2v) is 4.88. The Kier molecular flexibility index (Phi) is 5.62. The molecular weight excluding hydrogens is 284 g/mol. The first-order valence-corrected chi connectivity index (χ1v) is 7.13. The normalized spacial score (nSPS) is 12.1. The first-order chi connectivity index (χ1) is 10.6. The molecule has 118 valence electrons. The molecule has 0 spiro atoms. The molecule has 0 saturated carbocycles. The Bertz CT molecular complexity index is 613. The van der Waals surface area contributed by atoms with E-state index in [1.165, 1.54) is 6.92 Å². The van der Waals surface area contributed by atoms with Crippen molar-refractivity contribution >= 4 is 5.91 Å². The van der Waals surface area contributed by atoms with Gasteiger partial charge in [0, 0.05) is 19.9 Å². The molecule has 1 aromatic carbocycles. The Morgan fingerprint density at radius 1 is 1.36 bits per heavy atom. The lowest BCUT2D eigenvalue weighted by Gasteiger charge is -2.05. The fourth-order valence-corrected chi connectivity index (χ4v) is 2.10. The number of hydrogen-bond donors (Lipinski definition) is 3. The van der Waals surface area contributed by atoms with Crippen molar-refractivity contribution < 1.29 is 15.0 Å². The monoisotopic (exact) mass is 304 g/mol. The van der Waals surface area contributed by atoms with Crippen LogP contribution in [0.5, 0.6) is 0 Å². The molecule has 1 atom stereocenters. The zero-order chi connectivity index (χ0) is 15.9. The summed E-state index contributed by atoms with van der Waals surface area (Å²) < 4.78 is 1.56. The fraction of sp³-hybridized carbons (Fsp3) is 0.400. The Morgan fingerprint density at radius 2 is 2.09 bits per heavy atom. The van der Waals surface area contributed by atoms with Crippen LogP contribution in [0, 0.1) is 0 Å². The van der Waals surface area contributed by atoms with Gasteiger partial charge < -0.3 is 15.5 Å². The van der Waals surface area contributed by atoms with E-state index >= 15 is 0 Å². The van der Waals surface area contributed by atoms with Gasteiger partial charge in [-0.05, 0) is 5.56 Å². The van der Waals surface area contributed by atoms with E-state index in [1.807, 2.05) is 18.2 Å². The Hall–Kier alpha value is -2.25. The number of aliphatic hydroxyl groups excluding tert-OH is 2. The Labute approximate surface area is 128 Å². The average molecular weight is 304 g/mol. The van der Waals surface area contributed by atoms with Crippen molar-refractivity contribution in [1.29, 1.82) is 0 Å². The lowest BCUT2D eigenvalue weighted by atomic mass is 10.1. The molecule has 1 amide bonds. The van der Waals surface area contributed by atoms with Crippen molar-refractivity contribution in [3.8, 4) is 0 Å². The van der Waals surface area contributed by atoms with Crippen molar-refractivity contribution in [2.24, 2.45) is 0 Å². The second kappa shape index (κ2) is 7.67. The minimum Gasteiger partial charge on any atom is -0.394 e. The van der Waals surface area contributed by atoms with E-state index < -0.39 is 6.10 Å². The molecule has 0 aliphatic carbocycles. The number of nitrogens with one attached hydrogen (secondary N) is 1. The molecule has 2 aromatic rings. The minimum absolute atomic E-state index is 0.0721. The maximum atomic E-state index is 10.9. The van der Waals surface area contributed by atoms with E-state index in [0.717, 1.165) is 0 Å². The summed E-state index contributed by atoms with van der Waals surface area (Å²) in [5.74, 6) is 0.794. The molecule has 1 unspecified atom stereocenters. The van der Waals surface area contributed by atoms with E-state index in [-0.39, 0.29) is 18.3 Å². The number of benzene rings is 1. The highest BCUT2D eigenvalue weighted by atomic mass is 16.3. The zero-order valence-corrected chi connectivity index (χ0v) is 12.4. The van der Waals surface area contributed by atoms with Gasteiger partial charge in [0.2, 0.25) is 5.91 Å². The number of aliphatic hydroxyl groups is 2. The molecule has 7 heteroatoms. The van der Waals surface area contributed by atoms with Gasteiger partial charge in [-0.3, -0.25) is 4.79 Å². The van der Waals surface area contributed by atoms with Gasteiger partial charge in [-0.1, -0.05) is 30.3 Å². The van der Waals surface area contributed by atoms with Crippen LogP contribution in [0.3, 0.4) is 0 Å². The third-order valence-electron chi connectivity index (χ3n) is 3.16. The first-order valence-electron chi connectivity index (χ1n) is 7.13. The molecule has 1 heterocycles. The summed E-state index contributed by atoms with van der Waals surface area (Å²) in [6, 6.07) is 9.14. The smallest absolute Gasteiger partial charge is 0.216 e. The molecule has 0 saturated heterocycles. The van der Waals surface area contributed by atoms with Gasteiger partial charge >= 0.3 is 0 Å². The largest absolute Gasteiger partial charge is 0.394 e. The van der Waals surface area contributed by atoms with Crippen molar-refractivity contribution in [2.45, 2.75) is 26.0 Å². The molecule has 3 N–H and O–H groups in total. The number of amides is 1. The molecular formula is C15H20N4O3. The highest BCUT2D eigenvalue weighted by Gasteiger charge is 2.18. The highest BCUT2D eigenvalue weighted by molar-refractivity contribution is 5.72. The quantitative estimate of drug-likeness (QED) is 0.670. The van der Waals surface area contributed by atoms with Crippen molar-refractivity contribution in [1.82, 2.24) is 20.1 Å². The summed E-state index contributed by atoms with van der Waals surface area (Å²) >= 11 is 0. The summed E-state index contributed by atoms with van der Waals surface area (Å²) in [6.07, 6.45) is -0.436. The van der Waals surface area contributed by atoms with Crippen LogP contribution in [0.1, 0.15) is 30.2 Å². The SMILES string of the molecule is CC(=O)NCCc1nc(C(O)c2ccccc2)nn1CCO. The van der Waals surface area contributed by atoms with E-state index in [9.17, 15) is 9.90 Å². The summed E-state index contributed by atoms with van der Waals surface area (Å²) in [5, 5.41) is 26.4. The maximum absolute atomic E-state index is 10.9. The van der Waals surface area contributed by atoms with Crippen LogP contribution >= 0.6 is 0 Å². The molecule has 0 bridgehead atoms. The molecule has 2 rings (SSSR count). The van der Waals surface area contributed by atoms with Crippen LogP contribution in [0.25, 0.3) is 0 Å². The standard InChI is InChI=1S/C15H20N4O3/c1-11(21)16-8-7-13-17-15(18-19(13)9-10-20)14(22)12-5-3-2-4-6-12/h2-6,14,20,22H,7-10H2,1H3,(H,16,21). The Morgan fingerprint density at radius 3 is 2.73 bits per heavy atom. The van der Waals surface area contributed by atoms with E-state index in [4.69, 9.17) is 5.11 Å². The van der Waals surface area contributed by atoms with Crippen LogP contribution in [0.2, 0.25) is 0 Å². The molecule has 0 fully saturated rings. The van der Waals surface area contributed by atoms with Crippen LogP contribution in [0.4, 0.5) is 0 Å². The van der Waals surface area contributed by atoms with E-state index in [2.05, 4.69) is 15.4 Å². The molecule has 0 radical (unpaired) electrons. The predicted molar refractivity (Wildman–Crippen MR) is 80.0 cm³/mol. The molecule has 7 nitrogen and oxygen atoms in total. The lowest BCUT2D eigenvalue weighted by Crippen LogP contribution is -2.24. The maximum Gasteiger partial charge on any atom is 0.216 e. The summed E-state index contributed by atoms with van der Waals surface area (Å²) in [6.45, 7) is 2.10. The lowest BCUT2D eigenvalue weighted by molar-refractivity contribution is -0.118. The van der Waals surface area contributed by atoms with Crippen LogP contribution < -0.4 is 5.32 Å². The van der Waals surface area contributed by atoms with E-state index in [1.54, 1.807) is 16.8 Å². The molecule has 1 aromatic heterocycles. The van der Waals surface area contributed by atoms with Crippen molar-refractivity contribution in [3.05, 3.63) is 47.5 Å². The van der Waals surface area contributed by atoms with Gasteiger partial charge in [-0.25, -0.2) is 9.67 Å². The summed E-state index contributed by atoms with van der Waals surface area (Å²) in [5.41, 5.74) is 0.706. The topological polar surface area (TPSA) is 100 Å². The number of carbonyl (C=O) groups excluding carboxylic acids is 1. The Balaban J connectivity index is 2.16. The van der Waals surface area contributed by atoms with Gasteiger partial charge in [-0.15, -0.1) is 0 Å². The fourth-order valence-electron chi connectivity index (χ4n) is 2.10. The van der Waals surface area contributed by atoms with Gasteiger partial charge in [0.25, 0.3) is 0 Å². The van der Waals surface area contributed by atoms with Gasteiger partial charge in [0.15, 0.2) is 5.82 Å². The number of aromatic nitrogens is 3. The highest BCUT2D eigenvalue weighted by Crippen LogP contribution is 2.19. The third-order valence-corrected chi connectivity index (χ3v) is 3.16. The zero-order valence-electron chi connectivity index (χ0n) is 12.4. The first kappa shape index (κ1) is 16.1. The van der Waals surface area contributed by atoms with E-state index in [0.29, 0.717) is 30.9 Å². The minimum atomic E-state index is -0.916. The predicted octanol–water partition coefficient (Wildman–Crippen LogP) is 0.0307. The van der Waals surface area contributed by atoms with Gasteiger partial charge in [-0.2, -0.15) is 5.10 Å². The van der Waals surface area contributed by atoms with Gasteiger partial charge in [0.05, 0.1) is 13.2 Å². The number of nitrogens with zero attached hydrogens (tertiary/aromatic N) is 3. The second-order valence-electron chi connectivity index (χ2n) is 4.88. The van der Waals surface area contributed by atoms with Crippen molar-refractivity contribution in [2.75, 3.05) is 13.2 Å². The third kappa shape index (κ3) is 4.12. The number of rotatable bonds is 7. The number of carbonyl (C=O) groups is 1. The molecule has 22 heavy (non-hydrogen) atoms. The molecule has 0 aliphatic rings. The van der Waals surface area contributed by atoms with Crippen LogP contribution in [-0.2, 0) is 17.8 Å². The summed E-state index contributed by atoms with van der Waals surface area (Å²) in [4.78, 5) is 15.3. The molecule has 0 aliphatic heterocycles. The summed E-state index contributed by atoms with van der Waals surface area (Å²) in [7, 11) is 0. The average Bonchev–Trinajstić information content (AvgIpc) is 2.91.